The molecule has 1 atom stereocenters. The van der Waals surface area contributed by atoms with Gasteiger partial charge in [0.15, 0.2) is 17.1 Å². The molecule has 0 aliphatic rings. The number of rotatable bonds is 6. The molecule has 136 valence electrons. The monoisotopic (exact) mass is 407 g/mol. The highest BCUT2D eigenvalue weighted by molar-refractivity contribution is 7.98. The molecule has 1 unspecified atom stereocenters. The minimum atomic E-state index is -0.228. The van der Waals surface area contributed by atoms with Gasteiger partial charge in [-0.3, -0.25) is 0 Å². The highest BCUT2D eigenvalue weighted by Gasteiger charge is 2.17. The second kappa shape index (κ2) is 8.33. The molecule has 0 fully saturated rings. The first kappa shape index (κ1) is 19.1. The van der Waals surface area contributed by atoms with E-state index in [0.717, 1.165) is 43.7 Å². The minimum absolute atomic E-state index is 0.228. The highest BCUT2D eigenvalue weighted by atomic mass is 35.5. The van der Waals surface area contributed by atoms with Gasteiger partial charge in [-0.15, -0.1) is 10.2 Å². The van der Waals surface area contributed by atoms with E-state index in [2.05, 4.69) is 10.2 Å². The number of ether oxygens (including phenoxy) is 1. The van der Waals surface area contributed by atoms with E-state index in [-0.39, 0.29) is 6.10 Å². The lowest BCUT2D eigenvalue weighted by Gasteiger charge is -2.15. The van der Waals surface area contributed by atoms with Crippen molar-refractivity contribution in [3.8, 4) is 5.75 Å². The number of hydrogen-bond donors (Lipinski definition) is 0. The molecule has 1 aromatic heterocycles. The van der Waals surface area contributed by atoms with Crippen molar-refractivity contribution in [2.24, 2.45) is 7.05 Å². The third kappa shape index (κ3) is 4.53. The predicted octanol–water partition coefficient (Wildman–Crippen LogP) is 5.86. The zero-order chi connectivity index (χ0) is 18.7. The number of thioether (sulfide) groups is 1. The number of nitrogens with zero attached hydrogens (tertiary/aromatic N) is 3. The lowest BCUT2D eigenvalue weighted by Crippen LogP contribution is -2.10. The van der Waals surface area contributed by atoms with Crippen LogP contribution in [-0.4, -0.2) is 14.8 Å². The zero-order valence-corrected chi connectivity index (χ0v) is 17.1. The van der Waals surface area contributed by atoms with E-state index >= 15 is 0 Å². The van der Waals surface area contributed by atoms with Crippen LogP contribution in [-0.2, 0) is 12.8 Å². The maximum Gasteiger partial charge on any atom is 0.191 e. The third-order valence-corrected chi connectivity index (χ3v) is 5.68. The summed E-state index contributed by atoms with van der Waals surface area (Å²) >= 11 is 13.7. The van der Waals surface area contributed by atoms with Gasteiger partial charge in [0.2, 0.25) is 0 Å². The van der Waals surface area contributed by atoms with Crippen molar-refractivity contribution in [2.45, 2.75) is 30.9 Å². The summed E-state index contributed by atoms with van der Waals surface area (Å²) in [6.07, 6.45) is -0.228. The van der Waals surface area contributed by atoms with Crippen LogP contribution >= 0.6 is 35.0 Å². The lowest BCUT2D eigenvalue weighted by atomic mass is 10.2. The number of halogens is 2. The molecule has 0 saturated heterocycles. The zero-order valence-electron chi connectivity index (χ0n) is 14.7. The summed E-state index contributed by atoms with van der Waals surface area (Å²) in [6, 6.07) is 13.4. The van der Waals surface area contributed by atoms with Gasteiger partial charge in [0, 0.05) is 22.8 Å². The third-order valence-electron chi connectivity index (χ3n) is 3.93. The van der Waals surface area contributed by atoms with Gasteiger partial charge in [0.05, 0.1) is 0 Å². The van der Waals surface area contributed by atoms with Crippen LogP contribution in [0.2, 0.25) is 10.0 Å². The molecule has 0 radical (unpaired) electrons. The summed E-state index contributed by atoms with van der Waals surface area (Å²) in [5.74, 6) is 2.31. The van der Waals surface area contributed by atoms with Crippen LogP contribution in [0, 0.1) is 6.92 Å². The normalized spacial score (nSPS) is 12.2. The Morgan fingerprint density at radius 1 is 1.15 bits per heavy atom. The summed E-state index contributed by atoms with van der Waals surface area (Å²) in [5, 5.41) is 10.9. The van der Waals surface area contributed by atoms with Crippen molar-refractivity contribution in [2.75, 3.05) is 0 Å². The van der Waals surface area contributed by atoms with Crippen LogP contribution in [0.4, 0.5) is 0 Å². The molecular formula is C19H19Cl2N3OS. The van der Waals surface area contributed by atoms with Crippen molar-refractivity contribution in [3.05, 3.63) is 69.5 Å². The smallest absolute Gasteiger partial charge is 0.191 e. The molecule has 0 saturated carbocycles. The summed E-state index contributed by atoms with van der Waals surface area (Å²) in [7, 11) is 1.95. The van der Waals surface area contributed by atoms with Gasteiger partial charge in [0.25, 0.3) is 0 Å². The Labute approximate surface area is 167 Å². The molecule has 0 aliphatic heterocycles. The molecule has 1 heterocycles. The minimum Gasteiger partial charge on any atom is -0.483 e. The van der Waals surface area contributed by atoms with E-state index in [9.17, 15) is 0 Å². The molecule has 4 nitrogen and oxygen atoms in total. The lowest BCUT2D eigenvalue weighted by molar-refractivity contribution is 0.211. The standard InChI is InChI=1S/C19H19Cl2N3OS/c1-12-9-16(7-8-17(12)21)25-13(2)18-22-23-19(24(18)3)26-11-14-5-4-6-15(20)10-14/h4-10,13H,11H2,1-3H3. The van der Waals surface area contributed by atoms with Gasteiger partial charge in [0.1, 0.15) is 5.75 Å². The molecular weight excluding hydrogens is 389 g/mol. The second-order valence-electron chi connectivity index (χ2n) is 5.99. The van der Waals surface area contributed by atoms with E-state index in [1.165, 1.54) is 0 Å². The Kier molecular flexibility index (Phi) is 6.12. The molecule has 0 amide bonds. The van der Waals surface area contributed by atoms with E-state index in [0.29, 0.717) is 0 Å². The Morgan fingerprint density at radius 3 is 2.69 bits per heavy atom. The second-order valence-corrected chi connectivity index (χ2v) is 7.78. The first-order valence-corrected chi connectivity index (χ1v) is 9.87. The first-order valence-electron chi connectivity index (χ1n) is 8.13. The van der Waals surface area contributed by atoms with Crippen molar-refractivity contribution >= 4 is 35.0 Å². The SMILES string of the molecule is Cc1cc(OC(C)c2nnc(SCc3cccc(Cl)c3)n2C)ccc1Cl. The average Bonchev–Trinajstić information content (AvgIpc) is 2.97. The van der Waals surface area contributed by atoms with Gasteiger partial charge in [-0.2, -0.15) is 0 Å². The van der Waals surface area contributed by atoms with Crippen molar-refractivity contribution in [1.29, 1.82) is 0 Å². The topological polar surface area (TPSA) is 39.9 Å². The average molecular weight is 408 g/mol. The van der Waals surface area contributed by atoms with E-state index in [1.54, 1.807) is 11.8 Å². The summed E-state index contributed by atoms with van der Waals surface area (Å²) in [5.41, 5.74) is 2.13. The Bertz CT molecular complexity index is 914. The molecule has 3 aromatic rings. The molecule has 0 spiro atoms. The molecule has 3 rings (SSSR count). The first-order chi connectivity index (χ1) is 12.4. The Hall–Kier alpha value is -1.69. The Balaban J connectivity index is 1.68. The maximum atomic E-state index is 6.06. The van der Waals surface area contributed by atoms with Crippen molar-refractivity contribution < 1.29 is 4.74 Å². The van der Waals surface area contributed by atoms with Crippen LogP contribution in [0.3, 0.4) is 0 Å². The summed E-state index contributed by atoms with van der Waals surface area (Å²) < 4.78 is 7.96. The largest absolute Gasteiger partial charge is 0.483 e. The van der Waals surface area contributed by atoms with Crippen molar-refractivity contribution in [1.82, 2.24) is 14.8 Å². The number of hydrogen-bond acceptors (Lipinski definition) is 4. The fraction of sp³-hybridized carbons (Fsp3) is 0.263. The molecule has 0 bridgehead atoms. The van der Waals surface area contributed by atoms with Gasteiger partial charge >= 0.3 is 0 Å². The molecule has 2 aromatic carbocycles. The predicted molar refractivity (Wildman–Crippen MR) is 107 cm³/mol. The van der Waals surface area contributed by atoms with Gasteiger partial charge in [-0.05, 0) is 55.3 Å². The van der Waals surface area contributed by atoms with Crippen LogP contribution in [0.15, 0.2) is 47.6 Å². The molecule has 0 N–H and O–H groups in total. The van der Waals surface area contributed by atoms with Crippen molar-refractivity contribution in [3.63, 3.8) is 0 Å². The molecule has 0 aliphatic carbocycles. The Morgan fingerprint density at radius 2 is 1.96 bits per heavy atom. The van der Waals surface area contributed by atoms with E-state index in [4.69, 9.17) is 27.9 Å². The van der Waals surface area contributed by atoms with Gasteiger partial charge < -0.3 is 9.30 Å². The molecule has 7 heteroatoms. The van der Waals surface area contributed by atoms with Crippen LogP contribution < -0.4 is 4.74 Å². The summed E-state index contributed by atoms with van der Waals surface area (Å²) in [4.78, 5) is 0. The number of benzene rings is 2. The highest BCUT2D eigenvalue weighted by Crippen LogP contribution is 2.28. The van der Waals surface area contributed by atoms with Crippen LogP contribution in [0.1, 0.15) is 30.0 Å². The van der Waals surface area contributed by atoms with Gasteiger partial charge in [-0.25, -0.2) is 0 Å². The van der Waals surface area contributed by atoms with Crippen LogP contribution in [0.25, 0.3) is 0 Å². The van der Waals surface area contributed by atoms with E-state index < -0.39 is 0 Å². The van der Waals surface area contributed by atoms with Gasteiger partial charge in [-0.1, -0.05) is 47.1 Å². The number of aromatic nitrogens is 3. The maximum absolute atomic E-state index is 6.06. The summed E-state index contributed by atoms with van der Waals surface area (Å²) in [6.45, 7) is 3.91. The van der Waals surface area contributed by atoms with E-state index in [1.807, 2.05) is 67.9 Å². The molecule has 26 heavy (non-hydrogen) atoms. The fourth-order valence-corrected chi connectivity index (χ4v) is 3.72. The fourth-order valence-electron chi connectivity index (χ4n) is 2.53. The quantitative estimate of drug-likeness (QED) is 0.479. The van der Waals surface area contributed by atoms with Crippen LogP contribution in [0.5, 0.6) is 5.75 Å². The number of aryl methyl sites for hydroxylation is 1.